The first kappa shape index (κ1) is 12.3. The van der Waals surface area contributed by atoms with Crippen molar-refractivity contribution in [3.63, 3.8) is 0 Å². The number of halogens is 2. The lowest BCUT2D eigenvalue weighted by molar-refractivity contribution is -0.390. The fourth-order valence-electron chi connectivity index (χ4n) is 1.87. The molecule has 2 saturated heterocycles. The van der Waals surface area contributed by atoms with E-state index in [4.69, 9.17) is 19.2 Å². The van der Waals surface area contributed by atoms with Crippen LogP contribution in [0.4, 0.5) is 0 Å². The average molecular weight is 346 g/mol. The van der Waals surface area contributed by atoms with Crippen LogP contribution in [0.2, 0.25) is 0 Å². The highest BCUT2D eigenvalue weighted by Crippen LogP contribution is 2.37. The Balaban J connectivity index is 2.14. The lowest BCUT2D eigenvalue weighted by Gasteiger charge is -2.34. The fraction of sp³-hybridized carbons (Fsp3) is 1.00. The predicted octanol–water partition coefficient (Wildman–Crippen LogP) is 2.00. The summed E-state index contributed by atoms with van der Waals surface area (Å²) in [6.45, 7) is 3.81. The minimum atomic E-state index is -0.562. The zero-order chi connectivity index (χ0) is 11.1. The second-order valence-corrected chi connectivity index (χ2v) is 5.44. The van der Waals surface area contributed by atoms with Crippen molar-refractivity contribution in [3.05, 3.63) is 0 Å². The van der Waals surface area contributed by atoms with Gasteiger partial charge in [-0.1, -0.05) is 31.9 Å². The molecule has 15 heavy (non-hydrogen) atoms. The molecule has 2 heterocycles. The van der Waals surface area contributed by atoms with Crippen molar-refractivity contribution < 1.29 is 19.2 Å². The van der Waals surface area contributed by atoms with E-state index in [0.717, 1.165) is 0 Å². The summed E-state index contributed by atoms with van der Waals surface area (Å²) in [5.74, 6) is -0.562. The number of hydrogen-bond acceptors (Lipinski definition) is 4. The summed E-state index contributed by atoms with van der Waals surface area (Å²) in [5.41, 5.74) is 0. The number of alkyl halides is 2. The van der Waals surface area contributed by atoms with Crippen molar-refractivity contribution >= 4 is 31.9 Å². The average Bonchev–Trinajstić information content (AvgIpc) is 2.51. The Morgan fingerprint density at radius 1 is 0.933 bits per heavy atom. The van der Waals surface area contributed by atoms with Crippen LogP contribution in [0.1, 0.15) is 13.8 Å². The van der Waals surface area contributed by atoms with Crippen molar-refractivity contribution in [2.24, 2.45) is 0 Å². The third kappa shape index (κ3) is 2.40. The molecule has 6 heteroatoms. The highest BCUT2D eigenvalue weighted by atomic mass is 79.9. The molecule has 2 aliphatic rings. The predicted molar refractivity (Wildman–Crippen MR) is 61.2 cm³/mol. The van der Waals surface area contributed by atoms with Crippen molar-refractivity contribution in [1.82, 2.24) is 0 Å². The van der Waals surface area contributed by atoms with Gasteiger partial charge in [0.25, 0.3) is 0 Å². The third-order valence-electron chi connectivity index (χ3n) is 2.50. The molecule has 2 aliphatic heterocycles. The molecule has 0 aromatic rings. The Morgan fingerprint density at radius 3 is 1.67 bits per heavy atom. The van der Waals surface area contributed by atoms with Crippen LogP contribution in [0.25, 0.3) is 0 Å². The molecule has 0 radical (unpaired) electrons. The summed E-state index contributed by atoms with van der Waals surface area (Å²) in [7, 11) is 0. The molecule has 0 aromatic carbocycles. The van der Waals surface area contributed by atoms with Gasteiger partial charge in [0.05, 0.1) is 0 Å². The van der Waals surface area contributed by atoms with Gasteiger partial charge in [0.2, 0.25) is 0 Å². The summed E-state index contributed by atoms with van der Waals surface area (Å²) < 4.78 is 11.6. The molecule has 0 saturated carbocycles. The lowest BCUT2D eigenvalue weighted by atomic mass is 10.0. The summed E-state index contributed by atoms with van der Waals surface area (Å²) in [5, 5.41) is 1.34. The van der Waals surface area contributed by atoms with E-state index < -0.39 is 5.79 Å². The van der Waals surface area contributed by atoms with E-state index in [1.165, 1.54) is 0 Å². The molecule has 88 valence electrons. The van der Waals surface area contributed by atoms with Crippen LogP contribution in [0.3, 0.4) is 0 Å². The summed E-state index contributed by atoms with van der Waals surface area (Å²) in [4.78, 5) is 10.5. The van der Waals surface area contributed by atoms with E-state index in [0.29, 0.717) is 10.7 Å². The van der Waals surface area contributed by atoms with Crippen LogP contribution in [0, 0.1) is 0 Å². The standard InChI is InChI=1S/C9H14Br2O4/c1-9(2)12-7-5(3-10)14-15-6(4-11)8(7)13-9/h5-8H,3-4H2,1-2H3/t5-,6+,7-,8+. The first-order valence-electron chi connectivity index (χ1n) is 4.87. The Bertz CT molecular complexity index is 214. The van der Waals surface area contributed by atoms with Gasteiger partial charge >= 0.3 is 0 Å². The Kier molecular flexibility index (Phi) is 3.75. The highest BCUT2D eigenvalue weighted by molar-refractivity contribution is 9.09. The monoisotopic (exact) mass is 344 g/mol. The molecule has 0 amide bonds. The Hall–Kier alpha value is 0.800. The molecule has 0 bridgehead atoms. The van der Waals surface area contributed by atoms with Crippen molar-refractivity contribution in [1.29, 1.82) is 0 Å². The number of fused-ring (bicyclic) bond motifs is 1. The highest BCUT2D eigenvalue weighted by Gasteiger charge is 2.52. The first-order chi connectivity index (χ1) is 7.07. The normalized spacial score (nSPS) is 44.0. The fourth-order valence-corrected chi connectivity index (χ4v) is 2.82. The van der Waals surface area contributed by atoms with E-state index in [1.54, 1.807) is 0 Å². The number of hydrogen-bond donors (Lipinski definition) is 0. The van der Waals surface area contributed by atoms with Crippen LogP contribution in [-0.4, -0.2) is 40.9 Å². The molecule has 2 rings (SSSR count). The van der Waals surface area contributed by atoms with Gasteiger partial charge in [-0.25, -0.2) is 9.78 Å². The van der Waals surface area contributed by atoms with Crippen LogP contribution in [0.15, 0.2) is 0 Å². The Labute approximate surface area is 106 Å². The van der Waals surface area contributed by atoms with Gasteiger partial charge in [0, 0.05) is 10.7 Å². The maximum atomic E-state index is 5.81. The van der Waals surface area contributed by atoms with E-state index >= 15 is 0 Å². The van der Waals surface area contributed by atoms with Gasteiger partial charge in [-0.15, -0.1) is 0 Å². The third-order valence-corrected chi connectivity index (χ3v) is 3.78. The molecule has 0 aromatic heterocycles. The maximum Gasteiger partial charge on any atom is 0.164 e. The molecule has 4 nitrogen and oxygen atoms in total. The van der Waals surface area contributed by atoms with Gasteiger partial charge in [0.1, 0.15) is 24.4 Å². The minimum Gasteiger partial charge on any atom is -0.342 e. The quantitative estimate of drug-likeness (QED) is 0.566. The second-order valence-electron chi connectivity index (χ2n) is 4.14. The molecular weight excluding hydrogens is 332 g/mol. The molecular formula is C9H14Br2O4. The molecule has 0 unspecified atom stereocenters. The molecule has 0 spiro atoms. The molecule has 2 fully saturated rings. The van der Waals surface area contributed by atoms with Gasteiger partial charge in [-0.3, -0.25) is 0 Å². The zero-order valence-electron chi connectivity index (χ0n) is 8.61. The van der Waals surface area contributed by atoms with Crippen LogP contribution in [-0.2, 0) is 19.2 Å². The van der Waals surface area contributed by atoms with Gasteiger partial charge < -0.3 is 9.47 Å². The topological polar surface area (TPSA) is 36.9 Å². The van der Waals surface area contributed by atoms with Crippen LogP contribution >= 0.6 is 31.9 Å². The summed E-state index contributed by atoms with van der Waals surface area (Å²) in [6.07, 6.45) is -0.384. The minimum absolute atomic E-state index is 0.0734. The van der Waals surface area contributed by atoms with E-state index in [2.05, 4.69) is 31.9 Å². The van der Waals surface area contributed by atoms with Crippen LogP contribution in [0.5, 0.6) is 0 Å². The van der Waals surface area contributed by atoms with Gasteiger partial charge in [-0.05, 0) is 13.8 Å². The second kappa shape index (κ2) is 4.58. The SMILES string of the molecule is CC1(C)O[C@@H]2[C@H](O1)[C@@H](CBr)OO[C@H]2CBr. The van der Waals surface area contributed by atoms with E-state index in [-0.39, 0.29) is 24.4 Å². The van der Waals surface area contributed by atoms with Crippen molar-refractivity contribution in [2.75, 3.05) is 10.7 Å². The van der Waals surface area contributed by atoms with Crippen molar-refractivity contribution in [3.8, 4) is 0 Å². The first-order valence-corrected chi connectivity index (χ1v) is 7.11. The van der Waals surface area contributed by atoms with E-state index in [9.17, 15) is 0 Å². The summed E-state index contributed by atoms with van der Waals surface area (Å²) >= 11 is 6.75. The van der Waals surface area contributed by atoms with E-state index in [1.807, 2.05) is 13.8 Å². The summed E-state index contributed by atoms with van der Waals surface area (Å²) in [6, 6.07) is 0. The molecule has 0 aliphatic carbocycles. The number of rotatable bonds is 2. The zero-order valence-corrected chi connectivity index (χ0v) is 11.8. The maximum absolute atomic E-state index is 5.81. The molecule has 0 N–H and O–H groups in total. The molecule has 4 atom stereocenters. The smallest absolute Gasteiger partial charge is 0.164 e. The van der Waals surface area contributed by atoms with Crippen molar-refractivity contribution in [2.45, 2.75) is 44.1 Å². The van der Waals surface area contributed by atoms with Gasteiger partial charge in [-0.2, -0.15) is 0 Å². The van der Waals surface area contributed by atoms with Gasteiger partial charge in [0.15, 0.2) is 5.79 Å². The van der Waals surface area contributed by atoms with Crippen LogP contribution < -0.4 is 0 Å². The Morgan fingerprint density at radius 2 is 1.33 bits per heavy atom. The largest absolute Gasteiger partial charge is 0.342 e. The number of ether oxygens (including phenoxy) is 2. The lowest BCUT2D eigenvalue weighted by Crippen LogP contribution is -2.51.